The van der Waals surface area contributed by atoms with Gasteiger partial charge in [0.15, 0.2) is 11.7 Å². The van der Waals surface area contributed by atoms with E-state index in [4.69, 9.17) is 4.74 Å². The van der Waals surface area contributed by atoms with Gasteiger partial charge in [-0.3, -0.25) is 10.1 Å². The number of rotatable bonds is 7. The molecule has 0 atom stereocenters. The van der Waals surface area contributed by atoms with Crippen LogP contribution in [0.2, 0.25) is 0 Å². The molecule has 0 aliphatic rings. The lowest BCUT2D eigenvalue weighted by molar-refractivity contribution is -0.137. The second-order valence-electron chi connectivity index (χ2n) is 7.54. The van der Waals surface area contributed by atoms with Crippen LogP contribution >= 0.6 is 11.3 Å². The van der Waals surface area contributed by atoms with Gasteiger partial charge in [-0.15, -0.1) is 11.3 Å². The van der Waals surface area contributed by atoms with Gasteiger partial charge in [-0.05, 0) is 41.7 Å². The molecular weight excluding hydrogens is 425 g/mol. The minimum absolute atomic E-state index is 0.161. The van der Waals surface area contributed by atoms with Gasteiger partial charge >= 0.3 is 6.18 Å². The molecule has 1 N–H and O–H groups in total. The number of nitrogens with zero attached hydrogens (tertiary/aromatic N) is 1. The highest BCUT2D eigenvalue weighted by Gasteiger charge is 2.30. The zero-order chi connectivity index (χ0) is 22.6. The van der Waals surface area contributed by atoms with Crippen LogP contribution in [0.4, 0.5) is 18.3 Å². The zero-order valence-electron chi connectivity index (χ0n) is 17.4. The summed E-state index contributed by atoms with van der Waals surface area (Å²) >= 11 is 1.22. The molecule has 3 rings (SSSR count). The summed E-state index contributed by atoms with van der Waals surface area (Å²) in [6.45, 7) is 5.91. The van der Waals surface area contributed by atoms with Crippen molar-refractivity contribution in [2.24, 2.45) is 0 Å². The Hall–Kier alpha value is -2.87. The molecule has 1 amide bonds. The second-order valence-corrected chi connectivity index (χ2v) is 8.65. The van der Waals surface area contributed by atoms with E-state index < -0.39 is 11.7 Å². The normalized spacial score (nSPS) is 11.6. The van der Waals surface area contributed by atoms with Crippen molar-refractivity contribution in [2.45, 2.75) is 39.3 Å². The van der Waals surface area contributed by atoms with Crippen LogP contribution in [0, 0.1) is 6.92 Å². The van der Waals surface area contributed by atoms with Gasteiger partial charge in [-0.2, -0.15) is 13.2 Å². The Morgan fingerprint density at radius 1 is 1.19 bits per heavy atom. The number of benzene rings is 2. The molecule has 0 saturated heterocycles. The van der Waals surface area contributed by atoms with Gasteiger partial charge in [0.25, 0.3) is 5.91 Å². The first-order valence-corrected chi connectivity index (χ1v) is 10.6. The Labute approximate surface area is 183 Å². The minimum Gasteiger partial charge on any atom is -0.483 e. The number of aryl methyl sites for hydroxylation is 1. The summed E-state index contributed by atoms with van der Waals surface area (Å²) < 4.78 is 44.3. The molecule has 1 aromatic heterocycles. The van der Waals surface area contributed by atoms with E-state index in [1.165, 1.54) is 17.4 Å². The second kappa shape index (κ2) is 9.51. The third-order valence-corrected chi connectivity index (χ3v) is 5.50. The highest BCUT2D eigenvalue weighted by Crippen LogP contribution is 2.31. The first-order valence-electron chi connectivity index (χ1n) is 9.76. The standard InChI is InChI=1S/C23H23F3N2O2S/c1-14(2)19-8-7-15(3)9-20(19)30-13-21(29)28-22-27-12-18(31-22)11-16-5-4-6-17(10-16)23(24,25)26/h4-10,12,14H,11,13H2,1-3H3,(H,27,28,29). The van der Waals surface area contributed by atoms with Crippen molar-refractivity contribution in [3.05, 3.63) is 75.8 Å². The molecular formula is C23H23F3N2O2S. The summed E-state index contributed by atoms with van der Waals surface area (Å²) in [5, 5.41) is 3.06. The Balaban J connectivity index is 1.59. The maximum atomic E-state index is 12.9. The largest absolute Gasteiger partial charge is 0.483 e. The van der Waals surface area contributed by atoms with Crippen LogP contribution < -0.4 is 10.1 Å². The minimum atomic E-state index is -4.38. The number of aromatic nitrogens is 1. The number of alkyl halides is 3. The van der Waals surface area contributed by atoms with Crippen LogP contribution in [0.1, 0.15) is 46.9 Å². The lowest BCUT2D eigenvalue weighted by Crippen LogP contribution is -2.20. The molecule has 3 aromatic rings. The van der Waals surface area contributed by atoms with Crippen molar-refractivity contribution < 1.29 is 22.7 Å². The number of hydrogen-bond acceptors (Lipinski definition) is 4. The quantitative estimate of drug-likeness (QED) is 0.468. The van der Waals surface area contributed by atoms with Crippen LogP contribution in [0.15, 0.2) is 48.7 Å². The lowest BCUT2D eigenvalue weighted by Gasteiger charge is -2.14. The Bertz CT molecular complexity index is 1060. The number of thiazole rings is 1. The first kappa shape index (κ1) is 22.8. The van der Waals surface area contributed by atoms with Crippen LogP contribution in [0.3, 0.4) is 0 Å². The van der Waals surface area contributed by atoms with Crippen LogP contribution in [-0.4, -0.2) is 17.5 Å². The predicted molar refractivity (Wildman–Crippen MR) is 116 cm³/mol. The first-order chi connectivity index (χ1) is 14.6. The van der Waals surface area contributed by atoms with Crippen molar-refractivity contribution >= 4 is 22.4 Å². The summed E-state index contributed by atoms with van der Waals surface area (Å²) in [4.78, 5) is 17.2. The van der Waals surface area contributed by atoms with E-state index in [0.29, 0.717) is 22.9 Å². The summed E-state index contributed by atoms with van der Waals surface area (Å²) in [5.41, 5.74) is 1.91. The van der Waals surface area contributed by atoms with Crippen molar-refractivity contribution in [1.29, 1.82) is 0 Å². The molecule has 164 valence electrons. The van der Waals surface area contributed by atoms with Crippen molar-refractivity contribution in [3.8, 4) is 5.75 Å². The highest BCUT2D eigenvalue weighted by atomic mass is 32.1. The predicted octanol–water partition coefficient (Wildman–Crippen LogP) is 6.20. The lowest BCUT2D eigenvalue weighted by atomic mass is 10.0. The summed E-state index contributed by atoms with van der Waals surface area (Å²) in [6, 6.07) is 11.1. The van der Waals surface area contributed by atoms with Gasteiger partial charge in [0.1, 0.15) is 5.75 Å². The fraction of sp³-hybridized carbons (Fsp3) is 0.304. The molecule has 0 aliphatic carbocycles. The van der Waals surface area contributed by atoms with E-state index in [1.54, 1.807) is 12.3 Å². The van der Waals surface area contributed by atoms with Crippen LogP contribution in [-0.2, 0) is 17.4 Å². The average molecular weight is 449 g/mol. The molecule has 0 fully saturated rings. The van der Waals surface area contributed by atoms with Gasteiger partial charge in [0, 0.05) is 17.5 Å². The third kappa shape index (κ3) is 6.30. The molecule has 0 spiro atoms. The van der Waals surface area contributed by atoms with E-state index in [-0.39, 0.29) is 18.4 Å². The van der Waals surface area contributed by atoms with E-state index in [2.05, 4.69) is 24.1 Å². The fourth-order valence-electron chi connectivity index (χ4n) is 3.05. The molecule has 0 aliphatic heterocycles. The molecule has 2 aromatic carbocycles. The number of halogens is 3. The monoisotopic (exact) mass is 448 g/mol. The van der Waals surface area contributed by atoms with E-state index in [1.807, 2.05) is 25.1 Å². The summed E-state index contributed by atoms with van der Waals surface area (Å²) in [6.07, 6.45) is -2.52. The molecule has 31 heavy (non-hydrogen) atoms. The van der Waals surface area contributed by atoms with E-state index >= 15 is 0 Å². The van der Waals surface area contributed by atoms with Gasteiger partial charge in [-0.25, -0.2) is 4.98 Å². The van der Waals surface area contributed by atoms with Gasteiger partial charge < -0.3 is 4.74 Å². The van der Waals surface area contributed by atoms with Crippen molar-refractivity contribution in [2.75, 3.05) is 11.9 Å². The molecule has 0 bridgehead atoms. The van der Waals surface area contributed by atoms with E-state index in [9.17, 15) is 18.0 Å². The van der Waals surface area contributed by atoms with Gasteiger partial charge in [-0.1, -0.05) is 44.2 Å². The smallest absolute Gasteiger partial charge is 0.416 e. The van der Waals surface area contributed by atoms with E-state index in [0.717, 1.165) is 28.1 Å². The number of amides is 1. The maximum Gasteiger partial charge on any atom is 0.416 e. The van der Waals surface area contributed by atoms with Crippen molar-refractivity contribution in [3.63, 3.8) is 0 Å². The summed E-state index contributed by atoms with van der Waals surface area (Å²) in [7, 11) is 0. The number of hydrogen-bond donors (Lipinski definition) is 1. The number of carbonyl (C=O) groups excluding carboxylic acids is 1. The molecule has 0 saturated carbocycles. The number of nitrogens with one attached hydrogen (secondary N) is 1. The molecule has 8 heteroatoms. The van der Waals surface area contributed by atoms with Crippen molar-refractivity contribution in [1.82, 2.24) is 4.98 Å². The Morgan fingerprint density at radius 3 is 2.68 bits per heavy atom. The molecule has 1 heterocycles. The number of ether oxygens (including phenoxy) is 1. The topological polar surface area (TPSA) is 51.2 Å². The zero-order valence-corrected chi connectivity index (χ0v) is 18.2. The average Bonchev–Trinajstić information content (AvgIpc) is 3.12. The maximum absolute atomic E-state index is 12.9. The summed E-state index contributed by atoms with van der Waals surface area (Å²) in [5.74, 6) is 0.585. The number of carbonyl (C=O) groups is 1. The van der Waals surface area contributed by atoms with Crippen LogP contribution in [0.25, 0.3) is 0 Å². The number of anilines is 1. The Kier molecular flexibility index (Phi) is 7.00. The van der Waals surface area contributed by atoms with Gasteiger partial charge in [0.05, 0.1) is 5.56 Å². The third-order valence-electron chi connectivity index (χ3n) is 4.58. The molecule has 0 unspecified atom stereocenters. The van der Waals surface area contributed by atoms with Gasteiger partial charge in [0.2, 0.25) is 0 Å². The highest BCUT2D eigenvalue weighted by molar-refractivity contribution is 7.15. The molecule has 0 radical (unpaired) electrons. The fourth-order valence-corrected chi connectivity index (χ4v) is 3.91. The van der Waals surface area contributed by atoms with Crippen LogP contribution in [0.5, 0.6) is 5.75 Å². The SMILES string of the molecule is Cc1ccc(C(C)C)c(OCC(=O)Nc2ncc(Cc3cccc(C(F)(F)F)c3)s2)c1. The Morgan fingerprint density at radius 2 is 1.97 bits per heavy atom. The molecule has 4 nitrogen and oxygen atoms in total.